The van der Waals surface area contributed by atoms with Gasteiger partial charge in [-0.05, 0) is 17.7 Å². The fourth-order valence-corrected chi connectivity index (χ4v) is 1.17. The van der Waals surface area contributed by atoms with Crippen LogP contribution in [0, 0.1) is 0 Å². The Morgan fingerprint density at radius 3 is 2.85 bits per heavy atom. The standard InChI is InChI=1S/C9H11ClN2O/c1-12-9(13)4-6-2-3-7(10)5-8(6)11/h2-3,5H,4,11H2,1H3,(H,12,13). The van der Waals surface area contributed by atoms with E-state index < -0.39 is 0 Å². The van der Waals surface area contributed by atoms with Gasteiger partial charge in [0.2, 0.25) is 5.91 Å². The van der Waals surface area contributed by atoms with Crippen molar-refractivity contribution in [1.29, 1.82) is 0 Å². The number of carbonyl (C=O) groups excluding carboxylic acids is 1. The summed E-state index contributed by atoms with van der Waals surface area (Å²) in [5.74, 6) is -0.0611. The van der Waals surface area contributed by atoms with Crippen LogP contribution in [0.3, 0.4) is 0 Å². The van der Waals surface area contributed by atoms with Crippen molar-refractivity contribution in [2.45, 2.75) is 6.42 Å². The molecule has 1 amide bonds. The first-order valence-electron chi connectivity index (χ1n) is 3.88. The Balaban J connectivity index is 2.83. The van der Waals surface area contributed by atoms with Crippen LogP contribution in [0.1, 0.15) is 5.56 Å². The SMILES string of the molecule is CNC(=O)Cc1ccc(Cl)cc1N. The first-order chi connectivity index (χ1) is 6.13. The molecule has 1 aromatic rings. The highest BCUT2D eigenvalue weighted by Crippen LogP contribution is 2.18. The predicted octanol–water partition coefficient (Wildman–Crippen LogP) is 1.21. The Labute approximate surface area is 81.9 Å². The lowest BCUT2D eigenvalue weighted by molar-refractivity contribution is -0.119. The van der Waals surface area contributed by atoms with E-state index in [1.54, 1.807) is 25.2 Å². The number of benzene rings is 1. The minimum Gasteiger partial charge on any atom is -0.398 e. The Bertz CT molecular complexity index is 325. The molecule has 0 atom stereocenters. The van der Waals surface area contributed by atoms with Gasteiger partial charge in [-0.25, -0.2) is 0 Å². The Morgan fingerprint density at radius 1 is 1.62 bits per heavy atom. The van der Waals surface area contributed by atoms with Crippen molar-refractivity contribution >= 4 is 23.2 Å². The second kappa shape index (κ2) is 4.14. The van der Waals surface area contributed by atoms with Crippen molar-refractivity contribution in [2.24, 2.45) is 0 Å². The molecule has 0 saturated heterocycles. The van der Waals surface area contributed by atoms with E-state index in [4.69, 9.17) is 17.3 Å². The first-order valence-corrected chi connectivity index (χ1v) is 4.25. The third-order valence-corrected chi connectivity index (χ3v) is 1.97. The highest BCUT2D eigenvalue weighted by atomic mass is 35.5. The van der Waals surface area contributed by atoms with Crippen LogP contribution in [0.4, 0.5) is 5.69 Å². The van der Waals surface area contributed by atoms with E-state index >= 15 is 0 Å². The van der Waals surface area contributed by atoms with Gasteiger partial charge in [0.05, 0.1) is 6.42 Å². The van der Waals surface area contributed by atoms with E-state index in [0.29, 0.717) is 17.1 Å². The molecule has 0 aliphatic heterocycles. The Morgan fingerprint density at radius 2 is 2.31 bits per heavy atom. The maximum atomic E-state index is 11.0. The van der Waals surface area contributed by atoms with E-state index in [0.717, 1.165) is 5.56 Å². The second-order valence-electron chi connectivity index (χ2n) is 2.69. The van der Waals surface area contributed by atoms with Gasteiger partial charge < -0.3 is 11.1 Å². The van der Waals surface area contributed by atoms with Gasteiger partial charge in [0.15, 0.2) is 0 Å². The molecule has 0 unspecified atom stereocenters. The number of halogens is 1. The predicted molar refractivity (Wildman–Crippen MR) is 53.6 cm³/mol. The van der Waals surface area contributed by atoms with Crippen LogP contribution in [0.2, 0.25) is 5.02 Å². The van der Waals surface area contributed by atoms with E-state index in [-0.39, 0.29) is 5.91 Å². The number of anilines is 1. The Hall–Kier alpha value is -1.22. The van der Waals surface area contributed by atoms with Crippen molar-refractivity contribution in [1.82, 2.24) is 5.32 Å². The van der Waals surface area contributed by atoms with Crippen molar-refractivity contribution in [2.75, 3.05) is 12.8 Å². The van der Waals surface area contributed by atoms with Crippen LogP contribution in [0.15, 0.2) is 18.2 Å². The molecule has 1 rings (SSSR count). The minimum atomic E-state index is -0.0611. The minimum absolute atomic E-state index is 0.0611. The molecule has 3 nitrogen and oxygen atoms in total. The average molecular weight is 199 g/mol. The number of nitrogen functional groups attached to an aromatic ring is 1. The number of hydrogen-bond acceptors (Lipinski definition) is 2. The van der Waals surface area contributed by atoms with Crippen LogP contribution in [0.5, 0.6) is 0 Å². The van der Waals surface area contributed by atoms with Crippen LogP contribution >= 0.6 is 11.6 Å². The van der Waals surface area contributed by atoms with Gasteiger partial charge in [0.1, 0.15) is 0 Å². The third kappa shape index (κ3) is 2.63. The molecule has 0 aliphatic rings. The molecule has 70 valence electrons. The fraction of sp³-hybridized carbons (Fsp3) is 0.222. The second-order valence-corrected chi connectivity index (χ2v) is 3.13. The summed E-state index contributed by atoms with van der Waals surface area (Å²) in [6, 6.07) is 5.11. The quantitative estimate of drug-likeness (QED) is 0.702. The lowest BCUT2D eigenvalue weighted by Gasteiger charge is -2.04. The van der Waals surface area contributed by atoms with Crippen LogP contribution in [0.25, 0.3) is 0 Å². The van der Waals surface area contributed by atoms with E-state index in [1.165, 1.54) is 0 Å². The van der Waals surface area contributed by atoms with Gasteiger partial charge in [0.25, 0.3) is 0 Å². The zero-order valence-electron chi connectivity index (χ0n) is 7.30. The van der Waals surface area contributed by atoms with E-state index in [9.17, 15) is 4.79 Å². The van der Waals surface area contributed by atoms with Gasteiger partial charge in [-0.3, -0.25) is 4.79 Å². The van der Waals surface area contributed by atoms with Gasteiger partial charge in [-0.15, -0.1) is 0 Å². The number of hydrogen-bond donors (Lipinski definition) is 2. The normalized spacial score (nSPS) is 9.69. The fourth-order valence-electron chi connectivity index (χ4n) is 0.988. The number of rotatable bonds is 2. The van der Waals surface area contributed by atoms with Crippen molar-refractivity contribution in [3.8, 4) is 0 Å². The summed E-state index contributed by atoms with van der Waals surface area (Å²) in [4.78, 5) is 11.0. The van der Waals surface area contributed by atoms with E-state index in [1.807, 2.05) is 0 Å². The highest BCUT2D eigenvalue weighted by molar-refractivity contribution is 6.30. The number of carbonyl (C=O) groups is 1. The molecule has 0 saturated carbocycles. The molecule has 0 radical (unpaired) electrons. The summed E-state index contributed by atoms with van der Waals surface area (Å²) in [6.07, 6.45) is 0.291. The van der Waals surface area contributed by atoms with Crippen LogP contribution < -0.4 is 11.1 Å². The smallest absolute Gasteiger partial charge is 0.224 e. The van der Waals surface area contributed by atoms with Gasteiger partial charge in [-0.2, -0.15) is 0 Å². The van der Waals surface area contributed by atoms with Gasteiger partial charge in [-0.1, -0.05) is 17.7 Å². The third-order valence-electron chi connectivity index (χ3n) is 1.74. The molecule has 13 heavy (non-hydrogen) atoms. The van der Waals surface area contributed by atoms with Crippen LogP contribution in [-0.4, -0.2) is 13.0 Å². The largest absolute Gasteiger partial charge is 0.398 e. The molecule has 4 heteroatoms. The monoisotopic (exact) mass is 198 g/mol. The van der Waals surface area contributed by atoms with Gasteiger partial charge >= 0.3 is 0 Å². The zero-order chi connectivity index (χ0) is 9.84. The Kier molecular flexibility index (Phi) is 3.14. The highest BCUT2D eigenvalue weighted by Gasteiger charge is 2.04. The van der Waals surface area contributed by atoms with Crippen molar-refractivity contribution in [3.05, 3.63) is 28.8 Å². The molecule has 1 aromatic carbocycles. The topological polar surface area (TPSA) is 55.1 Å². The lowest BCUT2D eigenvalue weighted by Crippen LogP contribution is -2.20. The number of likely N-dealkylation sites (N-methyl/N-ethyl adjacent to an activating group) is 1. The maximum Gasteiger partial charge on any atom is 0.224 e. The molecule has 0 fully saturated rings. The zero-order valence-corrected chi connectivity index (χ0v) is 8.06. The molecule has 0 heterocycles. The first kappa shape index (κ1) is 9.86. The lowest BCUT2D eigenvalue weighted by atomic mass is 10.1. The molecule has 0 aliphatic carbocycles. The summed E-state index contributed by atoms with van der Waals surface area (Å²) in [6.45, 7) is 0. The molecular weight excluding hydrogens is 188 g/mol. The van der Waals surface area contributed by atoms with E-state index in [2.05, 4.69) is 5.32 Å². The summed E-state index contributed by atoms with van der Waals surface area (Å²) in [5.41, 5.74) is 7.01. The average Bonchev–Trinajstić information content (AvgIpc) is 2.09. The summed E-state index contributed by atoms with van der Waals surface area (Å²) in [5, 5.41) is 3.11. The summed E-state index contributed by atoms with van der Waals surface area (Å²) >= 11 is 5.71. The molecule has 0 aromatic heterocycles. The molecule has 0 spiro atoms. The maximum absolute atomic E-state index is 11.0. The molecular formula is C9H11ClN2O. The summed E-state index contributed by atoms with van der Waals surface area (Å²) in [7, 11) is 1.59. The van der Waals surface area contributed by atoms with Crippen molar-refractivity contribution < 1.29 is 4.79 Å². The molecule has 0 bridgehead atoms. The molecule has 3 N–H and O–H groups in total. The number of amides is 1. The van der Waals surface area contributed by atoms with Gasteiger partial charge in [0, 0.05) is 17.8 Å². The number of nitrogens with one attached hydrogen (secondary N) is 1. The van der Waals surface area contributed by atoms with Crippen LogP contribution in [-0.2, 0) is 11.2 Å². The van der Waals surface area contributed by atoms with Crippen molar-refractivity contribution in [3.63, 3.8) is 0 Å². The summed E-state index contributed by atoms with van der Waals surface area (Å²) < 4.78 is 0. The number of nitrogens with two attached hydrogens (primary N) is 1.